The van der Waals surface area contributed by atoms with Crippen LogP contribution in [0.1, 0.15) is 20.3 Å². The van der Waals surface area contributed by atoms with Crippen molar-refractivity contribution in [2.75, 3.05) is 17.7 Å². The number of benzene rings is 1. The molecule has 4 nitrogen and oxygen atoms in total. The van der Waals surface area contributed by atoms with Crippen molar-refractivity contribution in [1.29, 1.82) is 0 Å². The van der Waals surface area contributed by atoms with Crippen LogP contribution < -0.4 is 11.1 Å². The number of hydrogen-bond donors (Lipinski definition) is 3. The third kappa shape index (κ3) is 2.90. The molecule has 0 aliphatic heterocycles. The van der Waals surface area contributed by atoms with E-state index in [1.165, 1.54) is 0 Å². The average molecular weight is 245 g/mol. The average Bonchev–Trinajstić information content (AvgIpc) is 2.28. The van der Waals surface area contributed by atoms with Crippen molar-refractivity contribution in [2.24, 2.45) is 0 Å². The SMILES string of the molecule is CC(C)(CCO)Nc1ccc2cc(N)ccc2n1. The highest BCUT2D eigenvalue weighted by molar-refractivity contribution is 5.83. The fourth-order valence-corrected chi connectivity index (χ4v) is 1.90. The lowest BCUT2D eigenvalue weighted by molar-refractivity contribution is 0.260. The first kappa shape index (κ1) is 12.6. The van der Waals surface area contributed by atoms with Gasteiger partial charge in [-0.3, -0.25) is 0 Å². The Balaban J connectivity index is 2.28. The lowest BCUT2D eigenvalue weighted by atomic mass is 10.0. The zero-order chi connectivity index (χ0) is 13.2. The summed E-state index contributed by atoms with van der Waals surface area (Å²) in [6.07, 6.45) is 0.675. The number of fused-ring (bicyclic) bond motifs is 1. The summed E-state index contributed by atoms with van der Waals surface area (Å²) in [6.45, 7) is 4.24. The molecule has 0 radical (unpaired) electrons. The Bertz CT molecular complexity index is 552. The van der Waals surface area contributed by atoms with Crippen LogP contribution >= 0.6 is 0 Å². The monoisotopic (exact) mass is 245 g/mol. The Morgan fingerprint density at radius 1 is 1.28 bits per heavy atom. The summed E-state index contributed by atoms with van der Waals surface area (Å²) in [6, 6.07) is 9.59. The number of aromatic nitrogens is 1. The molecule has 0 atom stereocenters. The first-order chi connectivity index (χ1) is 8.50. The van der Waals surface area contributed by atoms with Gasteiger partial charge in [0, 0.05) is 23.2 Å². The van der Waals surface area contributed by atoms with E-state index < -0.39 is 0 Å². The molecule has 4 N–H and O–H groups in total. The smallest absolute Gasteiger partial charge is 0.127 e. The second kappa shape index (κ2) is 4.82. The number of aliphatic hydroxyl groups excluding tert-OH is 1. The van der Waals surface area contributed by atoms with Crippen molar-refractivity contribution in [3.63, 3.8) is 0 Å². The Morgan fingerprint density at radius 2 is 2.06 bits per heavy atom. The van der Waals surface area contributed by atoms with Crippen molar-refractivity contribution in [3.8, 4) is 0 Å². The van der Waals surface area contributed by atoms with Crippen LogP contribution in [0.15, 0.2) is 30.3 Å². The summed E-state index contributed by atoms with van der Waals surface area (Å²) in [5, 5.41) is 13.4. The zero-order valence-corrected chi connectivity index (χ0v) is 10.8. The Kier molecular flexibility index (Phi) is 3.39. The number of nitrogens with zero attached hydrogens (tertiary/aromatic N) is 1. The topological polar surface area (TPSA) is 71.2 Å². The van der Waals surface area contributed by atoms with Gasteiger partial charge in [0.2, 0.25) is 0 Å². The maximum Gasteiger partial charge on any atom is 0.127 e. The van der Waals surface area contributed by atoms with E-state index in [0.717, 1.165) is 22.4 Å². The van der Waals surface area contributed by atoms with E-state index in [1.54, 1.807) is 0 Å². The van der Waals surface area contributed by atoms with Crippen molar-refractivity contribution in [2.45, 2.75) is 25.8 Å². The maximum absolute atomic E-state index is 9.01. The van der Waals surface area contributed by atoms with Crippen LogP contribution in [0.5, 0.6) is 0 Å². The summed E-state index contributed by atoms with van der Waals surface area (Å²) in [4.78, 5) is 4.54. The fourth-order valence-electron chi connectivity index (χ4n) is 1.90. The predicted octanol–water partition coefficient (Wildman–Crippen LogP) is 2.39. The van der Waals surface area contributed by atoms with Gasteiger partial charge in [0.15, 0.2) is 0 Å². The molecule has 2 rings (SSSR count). The number of nitrogen functional groups attached to an aromatic ring is 1. The second-order valence-corrected chi connectivity index (χ2v) is 5.13. The molecule has 1 aromatic carbocycles. The predicted molar refractivity (Wildman–Crippen MR) is 75.6 cm³/mol. The van der Waals surface area contributed by atoms with E-state index in [4.69, 9.17) is 10.8 Å². The van der Waals surface area contributed by atoms with Gasteiger partial charge in [-0.2, -0.15) is 0 Å². The van der Waals surface area contributed by atoms with E-state index in [9.17, 15) is 0 Å². The molecular weight excluding hydrogens is 226 g/mol. The first-order valence-electron chi connectivity index (χ1n) is 6.05. The molecule has 1 heterocycles. The number of aliphatic hydroxyl groups is 1. The minimum absolute atomic E-state index is 0.157. The molecule has 0 fully saturated rings. The molecule has 0 aliphatic rings. The van der Waals surface area contributed by atoms with Crippen LogP contribution in [0.2, 0.25) is 0 Å². The van der Waals surface area contributed by atoms with Gasteiger partial charge in [-0.05, 0) is 50.6 Å². The van der Waals surface area contributed by atoms with Crippen molar-refractivity contribution in [3.05, 3.63) is 30.3 Å². The highest BCUT2D eigenvalue weighted by atomic mass is 16.3. The van der Waals surface area contributed by atoms with Crippen LogP contribution in [-0.2, 0) is 0 Å². The fraction of sp³-hybridized carbons (Fsp3) is 0.357. The van der Waals surface area contributed by atoms with Crippen LogP contribution in [0.3, 0.4) is 0 Å². The lowest BCUT2D eigenvalue weighted by Crippen LogP contribution is -2.32. The molecule has 1 aromatic heterocycles. The first-order valence-corrected chi connectivity index (χ1v) is 6.05. The molecule has 0 saturated carbocycles. The number of pyridine rings is 1. The van der Waals surface area contributed by atoms with E-state index in [-0.39, 0.29) is 12.1 Å². The van der Waals surface area contributed by atoms with Crippen LogP contribution in [-0.4, -0.2) is 22.2 Å². The highest BCUT2D eigenvalue weighted by Crippen LogP contribution is 2.21. The molecule has 96 valence electrons. The largest absolute Gasteiger partial charge is 0.399 e. The molecule has 0 spiro atoms. The third-order valence-electron chi connectivity index (χ3n) is 2.92. The van der Waals surface area contributed by atoms with Crippen LogP contribution in [0.25, 0.3) is 10.9 Å². The minimum Gasteiger partial charge on any atom is -0.399 e. The normalized spacial score (nSPS) is 11.7. The van der Waals surface area contributed by atoms with Crippen LogP contribution in [0, 0.1) is 0 Å². The third-order valence-corrected chi connectivity index (χ3v) is 2.92. The summed E-state index contributed by atoms with van der Waals surface area (Å²) >= 11 is 0. The van der Waals surface area contributed by atoms with Crippen LogP contribution in [0.4, 0.5) is 11.5 Å². The van der Waals surface area contributed by atoms with E-state index in [1.807, 2.05) is 44.2 Å². The van der Waals surface area contributed by atoms with Gasteiger partial charge in [0.25, 0.3) is 0 Å². The van der Waals surface area contributed by atoms with Gasteiger partial charge in [0.05, 0.1) is 5.52 Å². The van der Waals surface area contributed by atoms with Crippen molar-refractivity contribution < 1.29 is 5.11 Å². The van der Waals surface area contributed by atoms with Gasteiger partial charge >= 0.3 is 0 Å². The molecule has 0 amide bonds. The number of nitrogens with two attached hydrogens (primary N) is 1. The van der Waals surface area contributed by atoms with Gasteiger partial charge in [-0.15, -0.1) is 0 Å². The quantitative estimate of drug-likeness (QED) is 0.723. The maximum atomic E-state index is 9.01. The van der Waals surface area contributed by atoms with E-state index >= 15 is 0 Å². The summed E-state index contributed by atoms with van der Waals surface area (Å²) in [5.41, 5.74) is 7.21. The molecular formula is C14H19N3O. The standard InChI is InChI=1S/C14H19N3O/c1-14(2,7-8-18)17-13-6-3-10-9-11(15)4-5-12(10)16-13/h3-6,9,18H,7-8,15H2,1-2H3,(H,16,17). The van der Waals surface area contributed by atoms with Gasteiger partial charge in [-0.25, -0.2) is 4.98 Å². The number of nitrogens with one attached hydrogen (secondary N) is 1. The highest BCUT2D eigenvalue weighted by Gasteiger charge is 2.17. The van der Waals surface area contributed by atoms with Crippen molar-refractivity contribution >= 4 is 22.4 Å². The Labute approximate surface area is 107 Å². The molecule has 0 unspecified atom stereocenters. The molecule has 0 aliphatic carbocycles. The summed E-state index contributed by atoms with van der Waals surface area (Å²) in [5.74, 6) is 0.811. The minimum atomic E-state index is -0.177. The second-order valence-electron chi connectivity index (χ2n) is 5.13. The summed E-state index contributed by atoms with van der Waals surface area (Å²) in [7, 11) is 0. The Hall–Kier alpha value is -1.81. The summed E-state index contributed by atoms with van der Waals surface area (Å²) < 4.78 is 0. The number of hydrogen-bond acceptors (Lipinski definition) is 4. The number of rotatable bonds is 4. The molecule has 2 aromatic rings. The molecule has 0 bridgehead atoms. The van der Waals surface area contributed by atoms with E-state index in [0.29, 0.717) is 6.42 Å². The molecule has 18 heavy (non-hydrogen) atoms. The number of anilines is 2. The molecule has 0 saturated heterocycles. The Morgan fingerprint density at radius 3 is 2.78 bits per heavy atom. The van der Waals surface area contributed by atoms with Gasteiger partial charge in [0.1, 0.15) is 5.82 Å². The lowest BCUT2D eigenvalue weighted by Gasteiger charge is -2.26. The van der Waals surface area contributed by atoms with Gasteiger partial charge < -0.3 is 16.2 Å². The zero-order valence-electron chi connectivity index (χ0n) is 10.8. The van der Waals surface area contributed by atoms with Gasteiger partial charge in [-0.1, -0.05) is 0 Å². The van der Waals surface area contributed by atoms with Crippen molar-refractivity contribution in [1.82, 2.24) is 4.98 Å². The van der Waals surface area contributed by atoms with E-state index in [2.05, 4.69) is 10.3 Å². The molecule has 4 heteroatoms.